The van der Waals surface area contributed by atoms with Gasteiger partial charge >= 0.3 is 0 Å². The molecule has 3 heteroatoms. The van der Waals surface area contributed by atoms with Crippen molar-refractivity contribution in [2.75, 3.05) is 0 Å². The zero-order valence-electron chi connectivity index (χ0n) is 12.0. The van der Waals surface area contributed by atoms with E-state index in [4.69, 9.17) is 0 Å². The minimum Gasteiger partial charge on any atom is -0.336 e. The number of fused-ring (bicyclic) bond motifs is 1. The summed E-state index contributed by atoms with van der Waals surface area (Å²) in [4.78, 5) is 14.7. The Bertz CT molecular complexity index is 502. The van der Waals surface area contributed by atoms with E-state index in [-0.39, 0.29) is 11.7 Å². The second-order valence-corrected chi connectivity index (χ2v) is 6.30. The quantitative estimate of drug-likeness (QED) is 0.808. The van der Waals surface area contributed by atoms with Crippen LogP contribution in [0.1, 0.15) is 44.6 Å². The summed E-state index contributed by atoms with van der Waals surface area (Å²) in [5.41, 5.74) is 0.779. The molecule has 0 radical (unpaired) electrons. The van der Waals surface area contributed by atoms with E-state index in [0.717, 1.165) is 18.4 Å². The van der Waals surface area contributed by atoms with Crippen molar-refractivity contribution in [2.24, 2.45) is 5.92 Å². The Labute approximate surface area is 120 Å². The molecule has 2 fully saturated rings. The molecular formula is C17H22FNO. The number of benzene rings is 1. The van der Waals surface area contributed by atoms with Gasteiger partial charge in [0.2, 0.25) is 5.91 Å². The molecule has 0 N–H and O–H groups in total. The summed E-state index contributed by atoms with van der Waals surface area (Å²) in [5, 5.41) is 0. The zero-order chi connectivity index (χ0) is 14.1. The third-order valence-electron chi connectivity index (χ3n) is 4.88. The fourth-order valence-corrected chi connectivity index (χ4v) is 4.05. The van der Waals surface area contributed by atoms with Gasteiger partial charge < -0.3 is 4.90 Å². The van der Waals surface area contributed by atoms with Crippen LogP contribution in [0.2, 0.25) is 0 Å². The van der Waals surface area contributed by atoms with E-state index < -0.39 is 0 Å². The normalized spacial score (nSPS) is 29.3. The number of likely N-dealkylation sites (tertiary alicyclic amines) is 1. The molecule has 1 aromatic carbocycles. The second-order valence-electron chi connectivity index (χ2n) is 6.30. The second kappa shape index (κ2) is 5.55. The van der Waals surface area contributed by atoms with Gasteiger partial charge in [0, 0.05) is 12.1 Å². The van der Waals surface area contributed by atoms with Crippen molar-refractivity contribution in [3.05, 3.63) is 35.6 Å². The summed E-state index contributed by atoms with van der Waals surface area (Å²) >= 11 is 0. The summed E-state index contributed by atoms with van der Waals surface area (Å²) in [5.74, 6) is 0.591. The van der Waals surface area contributed by atoms with Gasteiger partial charge in [-0.05, 0) is 49.8 Å². The van der Waals surface area contributed by atoms with Crippen molar-refractivity contribution in [1.29, 1.82) is 0 Å². The highest BCUT2D eigenvalue weighted by Crippen LogP contribution is 2.39. The third-order valence-corrected chi connectivity index (χ3v) is 4.88. The molecule has 1 heterocycles. The fraction of sp³-hybridized carbons (Fsp3) is 0.588. The number of nitrogens with zero attached hydrogens (tertiary/aromatic N) is 1. The Hall–Kier alpha value is -1.38. The maximum Gasteiger partial charge on any atom is 0.227 e. The lowest BCUT2D eigenvalue weighted by molar-refractivity contribution is -0.133. The molecule has 3 unspecified atom stereocenters. The van der Waals surface area contributed by atoms with Gasteiger partial charge in [0.1, 0.15) is 5.82 Å². The van der Waals surface area contributed by atoms with Crippen LogP contribution in [0.5, 0.6) is 0 Å². The van der Waals surface area contributed by atoms with Crippen LogP contribution < -0.4 is 0 Å². The molecule has 0 bridgehead atoms. The maximum atomic E-state index is 13.2. The Balaban J connectivity index is 1.73. The standard InChI is InChI=1S/C17H22FNO/c1-12-9-14-6-2-3-8-16(14)19(12)17(20)11-13-5-4-7-15(18)10-13/h4-5,7,10,12,14,16H,2-3,6,8-9,11H2,1H3. The van der Waals surface area contributed by atoms with Gasteiger partial charge in [0.15, 0.2) is 0 Å². The third kappa shape index (κ3) is 2.58. The van der Waals surface area contributed by atoms with Crippen LogP contribution >= 0.6 is 0 Å². The van der Waals surface area contributed by atoms with Gasteiger partial charge in [-0.25, -0.2) is 4.39 Å². The van der Waals surface area contributed by atoms with Gasteiger partial charge in [0.25, 0.3) is 0 Å². The summed E-state index contributed by atoms with van der Waals surface area (Å²) in [6, 6.07) is 7.17. The first-order valence-electron chi connectivity index (χ1n) is 7.71. The highest BCUT2D eigenvalue weighted by molar-refractivity contribution is 5.79. The van der Waals surface area contributed by atoms with E-state index in [1.165, 1.54) is 31.4 Å². The molecule has 108 valence electrons. The lowest BCUT2D eigenvalue weighted by atomic mass is 9.85. The van der Waals surface area contributed by atoms with E-state index in [0.29, 0.717) is 24.4 Å². The monoisotopic (exact) mass is 275 g/mol. The predicted molar refractivity (Wildman–Crippen MR) is 76.8 cm³/mol. The average Bonchev–Trinajstić information content (AvgIpc) is 2.74. The molecule has 3 atom stereocenters. The van der Waals surface area contributed by atoms with E-state index in [9.17, 15) is 9.18 Å². The van der Waals surface area contributed by atoms with Gasteiger partial charge in [-0.2, -0.15) is 0 Å². The molecule has 3 rings (SSSR count). The number of amides is 1. The average molecular weight is 275 g/mol. The fourth-order valence-electron chi connectivity index (χ4n) is 4.05. The summed E-state index contributed by atoms with van der Waals surface area (Å²) in [6.07, 6.45) is 6.41. The van der Waals surface area contributed by atoms with Crippen molar-refractivity contribution in [3.63, 3.8) is 0 Å². The topological polar surface area (TPSA) is 20.3 Å². The molecule has 1 aliphatic heterocycles. The highest BCUT2D eigenvalue weighted by Gasteiger charge is 2.42. The van der Waals surface area contributed by atoms with Crippen LogP contribution in [0.15, 0.2) is 24.3 Å². The van der Waals surface area contributed by atoms with Crippen molar-refractivity contribution in [1.82, 2.24) is 4.90 Å². The number of rotatable bonds is 2. The van der Waals surface area contributed by atoms with Crippen molar-refractivity contribution >= 4 is 5.91 Å². The van der Waals surface area contributed by atoms with E-state index in [2.05, 4.69) is 11.8 Å². The van der Waals surface area contributed by atoms with Crippen LogP contribution in [-0.4, -0.2) is 22.9 Å². The van der Waals surface area contributed by atoms with Gasteiger partial charge in [-0.1, -0.05) is 25.0 Å². The van der Waals surface area contributed by atoms with Crippen LogP contribution in [0.25, 0.3) is 0 Å². The van der Waals surface area contributed by atoms with Gasteiger partial charge in [-0.15, -0.1) is 0 Å². The molecule has 0 aromatic heterocycles. The maximum absolute atomic E-state index is 13.2. The number of carbonyl (C=O) groups is 1. The lowest BCUT2D eigenvalue weighted by Gasteiger charge is -2.33. The highest BCUT2D eigenvalue weighted by atomic mass is 19.1. The molecular weight excluding hydrogens is 253 g/mol. The van der Waals surface area contributed by atoms with Gasteiger partial charge in [-0.3, -0.25) is 4.79 Å². The first-order chi connectivity index (χ1) is 9.65. The van der Waals surface area contributed by atoms with Crippen LogP contribution in [0.4, 0.5) is 4.39 Å². The smallest absolute Gasteiger partial charge is 0.227 e. The SMILES string of the molecule is CC1CC2CCCCC2N1C(=O)Cc1cccc(F)c1. The molecule has 2 nitrogen and oxygen atoms in total. The van der Waals surface area contributed by atoms with Crippen LogP contribution in [-0.2, 0) is 11.2 Å². The summed E-state index contributed by atoms with van der Waals surface area (Å²) in [6.45, 7) is 2.15. The Kier molecular flexibility index (Phi) is 3.77. The van der Waals surface area contributed by atoms with Crippen LogP contribution in [0.3, 0.4) is 0 Å². The van der Waals surface area contributed by atoms with Crippen molar-refractivity contribution in [2.45, 2.75) is 57.5 Å². The summed E-state index contributed by atoms with van der Waals surface area (Å²) in [7, 11) is 0. The van der Waals surface area contributed by atoms with Crippen molar-refractivity contribution < 1.29 is 9.18 Å². The minimum atomic E-state index is -0.264. The predicted octanol–water partition coefficient (Wildman–Crippen LogP) is 3.55. The van der Waals surface area contributed by atoms with Gasteiger partial charge in [0.05, 0.1) is 6.42 Å². The molecule has 1 amide bonds. The van der Waals surface area contributed by atoms with Crippen LogP contribution in [0, 0.1) is 11.7 Å². The number of hydrogen-bond acceptors (Lipinski definition) is 1. The molecule has 2 aliphatic rings. The van der Waals surface area contributed by atoms with E-state index >= 15 is 0 Å². The Morgan fingerprint density at radius 3 is 2.95 bits per heavy atom. The molecule has 1 saturated carbocycles. The number of hydrogen-bond donors (Lipinski definition) is 0. The largest absolute Gasteiger partial charge is 0.336 e. The van der Waals surface area contributed by atoms with E-state index in [1.807, 2.05) is 6.07 Å². The number of halogens is 1. The Morgan fingerprint density at radius 1 is 1.35 bits per heavy atom. The molecule has 1 saturated heterocycles. The Morgan fingerprint density at radius 2 is 2.15 bits per heavy atom. The molecule has 1 aliphatic carbocycles. The zero-order valence-corrected chi connectivity index (χ0v) is 12.0. The molecule has 0 spiro atoms. The first-order valence-corrected chi connectivity index (χ1v) is 7.71. The summed E-state index contributed by atoms with van der Waals surface area (Å²) < 4.78 is 13.2. The first kappa shape index (κ1) is 13.6. The van der Waals surface area contributed by atoms with Crippen molar-refractivity contribution in [3.8, 4) is 0 Å². The molecule has 20 heavy (non-hydrogen) atoms. The molecule has 1 aromatic rings. The van der Waals surface area contributed by atoms with E-state index in [1.54, 1.807) is 6.07 Å². The lowest BCUT2D eigenvalue weighted by Crippen LogP contribution is -2.43. The minimum absolute atomic E-state index is 0.164. The number of carbonyl (C=O) groups excluding carboxylic acids is 1.